The summed E-state index contributed by atoms with van der Waals surface area (Å²) in [5.41, 5.74) is 1.23. The molecule has 170 valence electrons. The third-order valence-corrected chi connectivity index (χ3v) is 6.95. The van der Waals surface area contributed by atoms with Crippen LogP contribution in [0, 0.1) is 5.82 Å². The summed E-state index contributed by atoms with van der Waals surface area (Å²) in [5.74, 6) is -1.06. The molecule has 34 heavy (non-hydrogen) atoms. The maximum absolute atomic E-state index is 13.6. The molecular weight excluding hydrogens is 453 g/mol. The lowest BCUT2D eigenvalue weighted by Crippen LogP contribution is -2.15. The molecule has 0 aliphatic heterocycles. The van der Waals surface area contributed by atoms with E-state index in [9.17, 15) is 23.0 Å². The highest BCUT2D eigenvalue weighted by Gasteiger charge is 2.20. The number of hydrogen-bond donors (Lipinski definition) is 3. The van der Waals surface area contributed by atoms with Gasteiger partial charge in [-0.1, -0.05) is 66.7 Å². The van der Waals surface area contributed by atoms with Crippen LogP contribution in [0.4, 0.5) is 10.1 Å². The number of halogens is 1. The van der Waals surface area contributed by atoms with Crippen molar-refractivity contribution in [2.75, 3.05) is 4.72 Å². The Balaban J connectivity index is 1.69. The number of rotatable bonds is 5. The molecule has 5 rings (SSSR count). The lowest BCUT2D eigenvalue weighted by Gasteiger charge is -2.17. The maximum atomic E-state index is 13.6. The molecule has 0 radical (unpaired) electrons. The van der Waals surface area contributed by atoms with Crippen molar-refractivity contribution in [2.45, 2.75) is 5.75 Å². The minimum absolute atomic E-state index is 0.0437. The molecule has 0 bridgehead atoms. The molecule has 5 nitrogen and oxygen atoms in total. The zero-order chi connectivity index (χ0) is 23.9. The van der Waals surface area contributed by atoms with E-state index in [4.69, 9.17) is 0 Å². The summed E-state index contributed by atoms with van der Waals surface area (Å²) in [5, 5.41) is 24.3. The molecule has 0 amide bonds. The first-order valence-corrected chi connectivity index (χ1v) is 12.2. The molecule has 7 heteroatoms. The largest absolute Gasteiger partial charge is 0.507 e. The predicted molar refractivity (Wildman–Crippen MR) is 133 cm³/mol. The summed E-state index contributed by atoms with van der Waals surface area (Å²) in [7, 11) is -3.92. The smallest absolute Gasteiger partial charge is 0.236 e. The monoisotopic (exact) mass is 473 g/mol. The van der Waals surface area contributed by atoms with Crippen LogP contribution >= 0.6 is 0 Å². The van der Waals surface area contributed by atoms with Gasteiger partial charge < -0.3 is 10.2 Å². The Kier molecular flexibility index (Phi) is 5.34. The number of phenolic OH excluding ortho intramolecular Hbond substituents is 2. The van der Waals surface area contributed by atoms with Gasteiger partial charge in [-0.15, -0.1) is 0 Å². The normalized spacial score (nSPS) is 11.7. The molecule has 0 aliphatic rings. The van der Waals surface area contributed by atoms with Gasteiger partial charge >= 0.3 is 0 Å². The number of phenols is 2. The molecule has 0 aliphatic carbocycles. The molecule has 0 unspecified atom stereocenters. The van der Waals surface area contributed by atoms with Crippen LogP contribution in [0.25, 0.3) is 32.7 Å². The first-order chi connectivity index (χ1) is 16.3. The van der Waals surface area contributed by atoms with Gasteiger partial charge in [0.15, 0.2) is 0 Å². The van der Waals surface area contributed by atoms with Gasteiger partial charge in [0, 0.05) is 21.9 Å². The van der Waals surface area contributed by atoms with Gasteiger partial charge in [-0.25, -0.2) is 12.8 Å². The Morgan fingerprint density at radius 1 is 0.765 bits per heavy atom. The zero-order valence-electron chi connectivity index (χ0n) is 17.9. The molecule has 0 saturated heterocycles. The van der Waals surface area contributed by atoms with Gasteiger partial charge in [0.1, 0.15) is 17.3 Å². The van der Waals surface area contributed by atoms with E-state index in [2.05, 4.69) is 4.72 Å². The second-order valence-electron chi connectivity index (χ2n) is 8.04. The van der Waals surface area contributed by atoms with Crippen molar-refractivity contribution in [3.05, 3.63) is 102 Å². The van der Waals surface area contributed by atoms with Gasteiger partial charge in [0.05, 0.1) is 11.4 Å². The summed E-state index contributed by atoms with van der Waals surface area (Å²) in [6.07, 6.45) is 0. The van der Waals surface area contributed by atoms with Crippen LogP contribution in [0.2, 0.25) is 0 Å². The maximum Gasteiger partial charge on any atom is 0.236 e. The Labute approximate surface area is 195 Å². The number of anilines is 1. The third kappa shape index (κ3) is 4.02. The molecule has 0 fully saturated rings. The van der Waals surface area contributed by atoms with Gasteiger partial charge in [0.2, 0.25) is 10.0 Å². The van der Waals surface area contributed by atoms with Crippen LogP contribution in [0.5, 0.6) is 11.5 Å². The number of aromatic hydroxyl groups is 2. The van der Waals surface area contributed by atoms with E-state index < -0.39 is 21.6 Å². The van der Waals surface area contributed by atoms with Crippen molar-refractivity contribution in [2.24, 2.45) is 0 Å². The number of nitrogens with one attached hydrogen (secondary N) is 1. The van der Waals surface area contributed by atoms with Gasteiger partial charge in [0.25, 0.3) is 0 Å². The summed E-state index contributed by atoms with van der Waals surface area (Å²) in [6, 6.07) is 24.5. The van der Waals surface area contributed by atoms with Crippen molar-refractivity contribution >= 4 is 37.3 Å². The molecule has 5 aromatic rings. The van der Waals surface area contributed by atoms with Gasteiger partial charge in [-0.2, -0.15) is 0 Å². The lowest BCUT2D eigenvalue weighted by molar-refractivity contribution is 0.472. The fourth-order valence-corrected chi connectivity index (χ4v) is 5.42. The highest BCUT2D eigenvalue weighted by molar-refractivity contribution is 7.91. The van der Waals surface area contributed by atoms with E-state index in [0.29, 0.717) is 27.3 Å². The summed E-state index contributed by atoms with van der Waals surface area (Å²) in [6.45, 7) is 0. The van der Waals surface area contributed by atoms with E-state index in [0.717, 1.165) is 5.39 Å². The number of fused-ring (bicyclic) bond motifs is 2. The molecule has 0 saturated carbocycles. The number of benzene rings is 5. The van der Waals surface area contributed by atoms with Gasteiger partial charge in [-0.3, -0.25) is 4.72 Å². The average Bonchev–Trinajstić information content (AvgIpc) is 2.81. The van der Waals surface area contributed by atoms with Crippen molar-refractivity contribution in [3.8, 4) is 22.6 Å². The molecule has 0 aromatic heterocycles. The topological polar surface area (TPSA) is 86.6 Å². The minimum atomic E-state index is -3.92. The summed E-state index contributed by atoms with van der Waals surface area (Å²) < 4.78 is 42.1. The van der Waals surface area contributed by atoms with Crippen LogP contribution in [0.1, 0.15) is 5.56 Å². The van der Waals surface area contributed by atoms with E-state index in [1.165, 1.54) is 30.3 Å². The molecular formula is C27H20FNO4S. The number of sulfonamides is 1. The van der Waals surface area contributed by atoms with Crippen molar-refractivity contribution in [1.29, 1.82) is 0 Å². The first kappa shape index (κ1) is 21.7. The van der Waals surface area contributed by atoms with Crippen molar-refractivity contribution < 1.29 is 23.0 Å². The fourth-order valence-electron chi connectivity index (χ4n) is 4.23. The quantitative estimate of drug-likeness (QED) is 0.267. The standard InChI is InChI=1S/C27H20FNO4S/c28-19-8-5-6-17(14-19)16-34(32,33)29-24-15-23(27(31)22-11-4-3-10-21(22)24)26-20-9-2-1-7-18(20)12-13-25(26)30/h1-15,29-31H,16H2. The Morgan fingerprint density at radius 2 is 1.47 bits per heavy atom. The first-order valence-electron chi connectivity index (χ1n) is 10.5. The fraction of sp³-hybridized carbons (Fsp3) is 0.0370. The van der Waals surface area contributed by atoms with Crippen LogP contribution in [-0.2, 0) is 15.8 Å². The highest BCUT2D eigenvalue weighted by atomic mass is 32.2. The predicted octanol–water partition coefficient (Wildman–Crippen LogP) is 6.15. The van der Waals surface area contributed by atoms with Crippen LogP contribution in [0.15, 0.2) is 91.0 Å². The third-order valence-electron chi connectivity index (χ3n) is 5.70. The Bertz CT molecular complexity index is 1670. The number of hydrogen-bond acceptors (Lipinski definition) is 4. The second-order valence-corrected chi connectivity index (χ2v) is 9.76. The Hall–Kier alpha value is -4.10. The van der Waals surface area contributed by atoms with Crippen LogP contribution < -0.4 is 4.72 Å². The minimum Gasteiger partial charge on any atom is -0.507 e. The molecule has 5 aromatic carbocycles. The second kappa shape index (κ2) is 8.35. The van der Waals surface area contributed by atoms with E-state index in [1.54, 1.807) is 36.4 Å². The molecule has 3 N–H and O–H groups in total. The molecule has 0 spiro atoms. The van der Waals surface area contributed by atoms with E-state index in [1.807, 2.05) is 24.3 Å². The van der Waals surface area contributed by atoms with E-state index >= 15 is 0 Å². The zero-order valence-corrected chi connectivity index (χ0v) is 18.7. The lowest BCUT2D eigenvalue weighted by atomic mass is 9.93. The van der Waals surface area contributed by atoms with Crippen molar-refractivity contribution in [3.63, 3.8) is 0 Å². The Morgan fingerprint density at radius 3 is 2.24 bits per heavy atom. The van der Waals surface area contributed by atoms with Crippen LogP contribution in [0.3, 0.4) is 0 Å². The summed E-state index contributed by atoms with van der Waals surface area (Å²) in [4.78, 5) is 0. The van der Waals surface area contributed by atoms with Crippen molar-refractivity contribution in [1.82, 2.24) is 0 Å². The molecule has 0 atom stereocenters. The summed E-state index contributed by atoms with van der Waals surface area (Å²) >= 11 is 0. The molecule has 0 heterocycles. The van der Waals surface area contributed by atoms with E-state index in [-0.39, 0.29) is 22.7 Å². The highest BCUT2D eigenvalue weighted by Crippen LogP contribution is 2.46. The average molecular weight is 474 g/mol. The van der Waals surface area contributed by atoms with Gasteiger partial charge in [-0.05, 0) is 40.6 Å². The SMILES string of the molecule is O=S(=O)(Cc1cccc(F)c1)Nc1cc(-c2c(O)ccc3ccccc23)c(O)c2ccccc12. The van der Waals surface area contributed by atoms with Crippen LogP contribution in [-0.4, -0.2) is 18.6 Å².